The Morgan fingerprint density at radius 2 is 1.38 bits per heavy atom. The summed E-state index contributed by atoms with van der Waals surface area (Å²) in [6.07, 6.45) is 0. The summed E-state index contributed by atoms with van der Waals surface area (Å²) in [7, 11) is 4.57. The van der Waals surface area contributed by atoms with Crippen molar-refractivity contribution < 1.29 is 23.7 Å². The van der Waals surface area contributed by atoms with E-state index in [1.807, 2.05) is 32.9 Å². The average molecular weight is 359 g/mol. The van der Waals surface area contributed by atoms with Crippen LogP contribution in [0.15, 0.2) is 24.3 Å². The lowest BCUT2D eigenvalue weighted by atomic mass is 10.1. The van der Waals surface area contributed by atoms with E-state index in [4.69, 9.17) is 18.9 Å². The van der Waals surface area contributed by atoms with Crippen LogP contribution < -0.4 is 24.3 Å². The van der Waals surface area contributed by atoms with Gasteiger partial charge in [0.1, 0.15) is 5.75 Å². The van der Waals surface area contributed by atoms with Crippen molar-refractivity contribution in [3.8, 4) is 23.0 Å². The van der Waals surface area contributed by atoms with Crippen LogP contribution in [-0.2, 0) is 4.79 Å². The number of aryl methyl sites for hydroxylation is 3. The lowest BCUT2D eigenvalue weighted by molar-refractivity contribution is -0.118. The molecule has 2 aromatic carbocycles. The van der Waals surface area contributed by atoms with Crippen LogP contribution in [0, 0.1) is 20.8 Å². The second-order valence-electron chi connectivity index (χ2n) is 5.98. The molecule has 6 nitrogen and oxygen atoms in total. The van der Waals surface area contributed by atoms with Gasteiger partial charge in [-0.1, -0.05) is 17.7 Å². The second-order valence-corrected chi connectivity index (χ2v) is 5.98. The van der Waals surface area contributed by atoms with Gasteiger partial charge < -0.3 is 24.3 Å². The molecular weight excluding hydrogens is 334 g/mol. The van der Waals surface area contributed by atoms with Crippen molar-refractivity contribution in [3.63, 3.8) is 0 Å². The summed E-state index contributed by atoms with van der Waals surface area (Å²) in [6, 6.07) is 7.39. The molecule has 0 unspecified atom stereocenters. The Hall–Kier alpha value is -2.89. The fourth-order valence-electron chi connectivity index (χ4n) is 2.88. The van der Waals surface area contributed by atoms with Gasteiger partial charge in [0.05, 0.1) is 21.3 Å². The summed E-state index contributed by atoms with van der Waals surface area (Å²) >= 11 is 0. The number of ether oxygens (including phenoxy) is 4. The third kappa shape index (κ3) is 4.39. The Kier molecular flexibility index (Phi) is 6.33. The number of amides is 1. The normalized spacial score (nSPS) is 10.2. The topological polar surface area (TPSA) is 66.0 Å². The molecule has 0 aliphatic carbocycles. The average Bonchev–Trinajstić information content (AvgIpc) is 2.59. The van der Waals surface area contributed by atoms with Crippen molar-refractivity contribution in [3.05, 3.63) is 41.0 Å². The third-order valence-electron chi connectivity index (χ3n) is 3.90. The highest BCUT2D eigenvalue weighted by Gasteiger charge is 2.15. The second kappa shape index (κ2) is 8.47. The van der Waals surface area contributed by atoms with Gasteiger partial charge in [0, 0.05) is 17.8 Å². The molecule has 6 heteroatoms. The molecule has 1 N–H and O–H groups in total. The van der Waals surface area contributed by atoms with Gasteiger partial charge in [0.15, 0.2) is 18.1 Å². The number of hydrogen-bond donors (Lipinski definition) is 1. The van der Waals surface area contributed by atoms with Gasteiger partial charge >= 0.3 is 0 Å². The highest BCUT2D eigenvalue weighted by molar-refractivity contribution is 5.92. The molecule has 2 rings (SSSR count). The largest absolute Gasteiger partial charge is 0.493 e. The van der Waals surface area contributed by atoms with Crippen LogP contribution in [0.3, 0.4) is 0 Å². The van der Waals surface area contributed by atoms with Crippen molar-refractivity contribution in [2.75, 3.05) is 33.3 Å². The van der Waals surface area contributed by atoms with Crippen molar-refractivity contribution in [2.45, 2.75) is 20.8 Å². The van der Waals surface area contributed by atoms with E-state index < -0.39 is 0 Å². The molecule has 0 aliphatic heterocycles. The van der Waals surface area contributed by atoms with Crippen LogP contribution >= 0.6 is 0 Å². The Morgan fingerprint density at radius 1 is 0.846 bits per heavy atom. The fraction of sp³-hybridized carbons (Fsp3) is 0.350. The number of carbonyl (C=O) groups excluding carboxylic acids is 1. The molecule has 0 saturated carbocycles. The molecule has 0 saturated heterocycles. The maximum Gasteiger partial charge on any atom is 0.262 e. The van der Waals surface area contributed by atoms with E-state index in [1.165, 1.54) is 21.3 Å². The fourth-order valence-corrected chi connectivity index (χ4v) is 2.88. The van der Waals surface area contributed by atoms with Crippen LogP contribution in [0.4, 0.5) is 5.69 Å². The maximum absolute atomic E-state index is 12.3. The predicted octanol–water partition coefficient (Wildman–Crippen LogP) is 3.66. The van der Waals surface area contributed by atoms with E-state index in [9.17, 15) is 4.79 Å². The first-order valence-electron chi connectivity index (χ1n) is 8.20. The molecule has 0 radical (unpaired) electrons. The SMILES string of the molecule is COc1cc(NC(=O)COc2c(C)cc(C)cc2C)cc(OC)c1OC. The predicted molar refractivity (Wildman–Crippen MR) is 101 cm³/mol. The van der Waals surface area contributed by atoms with E-state index >= 15 is 0 Å². The van der Waals surface area contributed by atoms with Gasteiger partial charge in [-0.05, 0) is 31.9 Å². The molecule has 26 heavy (non-hydrogen) atoms. The number of hydrogen-bond acceptors (Lipinski definition) is 5. The monoisotopic (exact) mass is 359 g/mol. The van der Waals surface area contributed by atoms with Crippen LogP contribution in [0.25, 0.3) is 0 Å². The molecule has 0 aliphatic rings. The smallest absolute Gasteiger partial charge is 0.262 e. The number of carbonyl (C=O) groups is 1. The minimum atomic E-state index is -0.279. The maximum atomic E-state index is 12.3. The standard InChI is InChI=1S/C20H25NO5/c1-12-7-13(2)19(14(3)8-12)26-11-18(22)21-15-9-16(23-4)20(25-6)17(10-15)24-5/h7-10H,11H2,1-6H3,(H,21,22). The van der Waals surface area contributed by atoms with Crippen LogP contribution in [0.2, 0.25) is 0 Å². The molecule has 0 atom stereocenters. The summed E-state index contributed by atoms with van der Waals surface area (Å²) in [5, 5.41) is 2.78. The highest BCUT2D eigenvalue weighted by atomic mass is 16.5. The Labute approximate surface area is 154 Å². The molecular formula is C20H25NO5. The molecule has 0 aromatic heterocycles. The quantitative estimate of drug-likeness (QED) is 0.817. The van der Waals surface area contributed by atoms with E-state index in [2.05, 4.69) is 5.32 Å². The van der Waals surface area contributed by atoms with Crippen molar-refractivity contribution in [2.24, 2.45) is 0 Å². The summed E-state index contributed by atoms with van der Waals surface area (Å²) in [4.78, 5) is 12.3. The summed E-state index contributed by atoms with van der Waals surface area (Å²) in [6.45, 7) is 5.86. The van der Waals surface area contributed by atoms with E-state index in [0.717, 1.165) is 22.4 Å². The number of rotatable bonds is 7. The number of methoxy groups -OCH3 is 3. The Balaban J connectivity index is 2.11. The van der Waals surface area contributed by atoms with Crippen molar-refractivity contribution in [1.29, 1.82) is 0 Å². The molecule has 140 valence electrons. The zero-order chi connectivity index (χ0) is 19.3. The molecule has 0 fully saturated rings. The van der Waals surface area contributed by atoms with Crippen molar-refractivity contribution >= 4 is 11.6 Å². The van der Waals surface area contributed by atoms with Gasteiger partial charge in [-0.2, -0.15) is 0 Å². The molecule has 2 aromatic rings. The van der Waals surface area contributed by atoms with Gasteiger partial charge in [-0.15, -0.1) is 0 Å². The van der Waals surface area contributed by atoms with Crippen LogP contribution in [-0.4, -0.2) is 33.8 Å². The highest BCUT2D eigenvalue weighted by Crippen LogP contribution is 2.39. The lowest BCUT2D eigenvalue weighted by Gasteiger charge is -2.15. The Bertz CT molecular complexity index is 753. The van der Waals surface area contributed by atoms with Crippen molar-refractivity contribution in [1.82, 2.24) is 0 Å². The molecule has 0 bridgehead atoms. The first kappa shape index (κ1) is 19.4. The summed E-state index contributed by atoms with van der Waals surface area (Å²) in [5.74, 6) is 1.85. The van der Waals surface area contributed by atoms with E-state index in [1.54, 1.807) is 12.1 Å². The van der Waals surface area contributed by atoms with Gasteiger partial charge in [-0.25, -0.2) is 0 Å². The molecule has 1 amide bonds. The van der Waals surface area contributed by atoms with Gasteiger partial charge in [-0.3, -0.25) is 4.79 Å². The van der Waals surface area contributed by atoms with Crippen LogP contribution in [0.1, 0.15) is 16.7 Å². The van der Waals surface area contributed by atoms with E-state index in [0.29, 0.717) is 22.9 Å². The Morgan fingerprint density at radius 3 is 1.85 bits per heavy atom. The lowest BCUT2D eigenvalue weighted by Crippen LogP contribution is -2.20. The number of benzene rings is 2. The first-order valence-corrected chi connectivity index (χ1v) is 8.20. The third-order valence-corrected chi connectivity index (χ3v) is 3.90. The number of anilines is 1. The first-order chi connectivity index (χ1) is 12.4. The summed E-state index contributed by atoms with van der Waals surface area (Å²) in [5.41, 5.74) is 3.70. The summed E-state index contributed by atoms with van der Waals surface area (Å²) < 4.78 is 21.6. The van der Waals surface area contributed by atoms with Gasteiger partial charge in [0.25, 0.3) is 5.91 Å². The number of nitrogens with one attached hydrogen (secondary N) is 1. The van der Waals surface area contributed by atoms with E-state index in [-0.39, 0.29) is 12.5 Å². The van der Waals surface area contributed by atoms with Crippen LogP contribution in [0.5, 0.6) is 23.0 Å². The minimum Gasteiger partial charge on any atom is -0.493 e. The zero-order valence-corrected chi connectivity index (χ0v) is 16.1. The molecule has 0 heterocycles. The molecule has 0 spiro atoms. The zero-order valence-electron chi connectivity index (χ0n) is 16.1. The minimum absolute atomic E-state index is 0.0958. The van der Waals surface area contributed by atoms with Gasteiger partial charge in [0.2, 0.25) is 5.75 Å².